The third kappa shape index (κ3) is 3.94. The van der Waals surface area contributed by atoms with Crippen LogP contribution in [0.4, 0.5) is 10.8 Å². The minimum absolute atomic E-state index is 0.251. The molecule has 0 aliphatic carbocycles. The molecule has 0 aliphatic rings. The minimum atomic E-state index is -0.251. The molecule has 8 nitrogen and oxygen atoms in total. The molecule has 0 N–H and O–H groups in total. The summed E-state index contributed by atoms with van der Waals surface area (Å²) in [5, 5.41) is 19.5. The molecule has 0 unspecified atom stereocenters. The fourth-order valence-electron chi connectivity index (χ4n) is 3.55. The molecule has 166 valence electrons. The lowest BCUT2D eigenvalue weighted by Gasteiger charge is -2.15. The number of benzene rings is 2. The van der Waals surface area contributed by atoms with Crippen molar-refractivity contribution in [3.05, 3.63) is 65.3 Å². The smallest absolute Gasteiger partial charge is 0.249 e. The molecule has 0 saturated carbocycles. The van der Waals surface area contributed by atoms with Crippen LogP contribution in [-0.4, -0.2) is 28.8 Å². The first kappa shape index (κ1) is 21.4. The highest BCUT2D eigenvalue weighted by atomic mass is 35.5. The maximum absolute atomic E-state index is 6.28. The molecule has 10 heteroatoms. The normalized spacial score (nSPS) is 12.3. The molecule has 0 amide bonds. The van der Waals surface area contributed by atoms with Crippen molar-refractivity contribution in [2.24, 2.45) is 17.3 Å². The van der Waals surface area contributed by atoms with Crippen LogP contribution in [0.5, 0.6) is 0 Å². The van der Waals surface area contributed by atoms with Gasteiger partial charge in [0.25, 0.3) is 0 Å². The number of hydrogen-bond acceptors (Lipinski definition) is 7. The van der Waals surface area contributed by atoms with Crippen molar-refractivity contribution in [1.29, 1.82) is 0 Å². The SMILES string of the molecule is Cn1c(-c2ccccc2)nn2nc(C(C)(C)C)c(N=Nc3nc(-c4ccccc4Cl)ns3)c12. The van der Waals surface area contributed by atoms with Gasteiger partial charge in [-0.25, -0.2) is 0 Å². The maximum Gasteiger partial charge on any atom is 0.249 e. The number of azo groups is 1. The predicted octanol–water partition coefficient (Wildman–Crippen LogP) is 6.62. The second kappa shape index (κ2) is 8.17. The third-order valence-corrected chi connectivity index (χ3v) is 6.08. The Bertz CT molecular complexity index is 1470. The number of nitrogens with zero attached hydrogens (tertiary/aromatic N) is 8. The van der Waals surface area contributed by atoms with Gasteiger partial charge < -0.3 is 4.57 Å². The molecule has 0 spiro atoms. The average molecular weight is 477 g/mol. The molecule has 3 aromatic heterocycles. The summed E-state index contributed by atoms with van der Waals surface area (Å²) in [7, 11) is 1.96. The second-order valence-corrected chi connectivity index (χ2v) is 9.73. The van der Waals surface area contributed by atoms with E-state index in [-0.39, 0.29) is 5.41 Å². The summed E-state index contributed by atoms with van der Waals surface area (Å²) in [6.45, 7) is 6.27. The van der Waals surface area contributed by atoms with Crippen LogP contribution in [0.25, 0.3) is 28.4 Å². The van der Waals surface area contributed by atoms with E-state index in [0.717, 1.165) is 28.3 Å². The number of aromatic nitrogens is 6. The second-order valence-electron chi connectivity index (χ2n) is 8.59. The van der Waals surface area contributed by atoms with E-state index < -0.39 is 0 Å². The Labute approximate surface area is 199 Å². The van der Waals surface area contributed by atoms with E-state index in [1.807, 2.05) is 66.2 Å². The summed E-state index contributed by atoms with van der Waals surface area (Å²) in [5.41, 5.74) is 3.74. The summed E-state index contributed by atoms with van der Waals surface area (Å²) < 4.78 is 8.01. The van der Waals surface area contributed by atoms with Crippen molar-refractivity contribution >= 4 is 39.6 Å². The van der Waals surface area contributed by atoms with Gasteiger partial charge in [0.15, 0.2) is 23.0 Å². The summed E-state index contributed by atoms with van der Waals surface area (Å²) in [6, 6.07) is 17.4. The van der Waals surface area contributed by atoms with Crippen molar-refractivity contribution in [2.75, 3.05) is 0 Å². The van der Waals surface area contributed by atoms with Gasteiger partial charge in [0, 0.05) is 35.1 Å². The standard InChI is InChI=1S/C23H21ClN8S/c1-23(2,3)18-17(21-31(4)20(29-32(21)28-18)14-10-6-5-7-11-14)26-27-22-25-19(30-33-22)15-12-8-9-13-16(15)24/h5-13H,1-4H3. The molecule has 2 aromatic carbocycles. The number of hydrogen-bond donors (Lipinski definition) is 0. The molecule has 0 aliphatic heterocycles. The number of fused-ring (bicyclic) bond motifs is 1. The lowest BCUT2D eigenvalue weighted by molar-refractivity contribution is 0.557. The average Bonchev–Trinajstić information content (AvgIpc) is 3.48. The zero-order chi connectivity index (χ0) is 23.2. The van der Waals surface area contributed by atoms with E-state index in [4.69, 9.17) is 21.8 Å². The van der Waals surface area contributed by atoms with Crippen LogP contribution < -0.4 is 0 Å². The van der Waals surface area contributed by atoms with E-state index in [9.17, 15) is 0 Å². The van der Waals surface area contributed by atoms with E-state index in [1.165, 1.54) is 11.5 Å². The highest BCUT2D eigenvalue weighted by molar-refractivity contribution is 7.09. The zero-order valence-electron chi connectivity index (χ0n) is 18.6. The van der Waals surface area contributed by atoms with Gasteiger partial charge in [-0.05, 0) is 12.1 Å². The lowest BCUT2D eigenvalue weighted by atomic mass is 9.91. The van der Waals surface area contributed by atoms with Crippen LogP contribution in [0.1, 0.15) is 26.5 Å². The summed E-state index contributed by atoms with van der Waals surface area (Å²) in [6.07, 6.45) is 0. The quantitative estimate of drug-likeness (QED) is 0.273. The van der Waals surface area contributed by atoms with Crippen LogP contribution in [0.2, 0.25) is 5.02 Å². The Balaban J connectivity index is 1.59. The van der Waals surface area contributed by atoms with E-state index in [0.29, 0.717) is 21.7 Å². The fraction of sp³-hybridized carbons (Fsp3) is 0.217. The van der Waals surface area contributed by atoms with Gasteiger partial charge in [0.1, 0.15) is 0 Å². The van der Waals surface area contributed by atoms with Gasteiger partial charge in [0.2, 0.25) is 5.13 Å². The minimum Gasteiger partial charge on any atom is -0.309 e. The third-order valence-electron chi connectivity index (χ3n) is 5.15. The first-order valence-electron chi connectivity index (χ1n) is 10.3. The van der Waals surface area contributed by atoms with Crippen LogP contribution in [0.3, 0.4) is 0 Å². The van der Waals surface area contributed by atoms with Crippen molar-refractivity contribution < 1.29 is 0 Å². The van der Waals surface area contributed by atoms with Crippen molar-refractivity contribution in [3.63, 3.8) is 0 Å². The highest BCUT2D eigenvalue weighted by Crippen LogP contribution is 2.37. The van der Waals surface area contributed by atoms with Crippen LogP contribution in [0.15, 0.2) is 64.8 Å². The van der Waals surface area contributed by atoms with E-state index >= 15 is 0 Å². The van der Waals surface area contributed by atoms with Gasteiger partial charge in [-0.1, -0.05) is 74.8 Å². The first-order chi connectivity index (χ1) is 15.8. The van der Waals surface area contributed by atoms with Gasteiger partial charge >= 0.3 is 0 Å². The molecule has 3 heterocycles. The predicted molar refractivity (Wildman–Crippen MR) is 131 cm³/mol. The van der Waals surface area contributed by atoms with Crippen LogP contribution in [0, 0.1) is 0 Å². The molecule has 5 aromatic rings. The Morgan fingerprint density at radius 3 is 2.39 bits per heavy atom. The lowest BCUT2D eigenvalue weighted by Crippen LogP contribution is -2.12. The Kier molecular flexibility index (Phi) is 5.30. The maximum atomic E-state index is 6.28. The molecule has 0 atom stereocenters. The Hall–Kier alpha value is -3.43. The zero-order valence-corrected chi connectivity index (χ0v) is 20.1. The summed E-state index contributed by atoms with van der Waals surface area (Å²) in [4.78, 5) is 4.50. The van der Waals surface area contributed by atoms with Gasteiger partial charge in [-0.3, -0.25) is 0 Å². The summed E-state index contributed by atoms with van der Waals surface area (Å²) >= 11 is 7.45. The van der Waals surface area contributed by atoms with Crippen LogP contribution in [-0.2, 0) is 12.5 Å². The molecule has 0 radical (unpaired) electrons. The topological polar surface area (TPSA) is 85.6 Å². The molecule has 0 bridgehead atoms. The number of halogens is 1. The largest absolute Gasteiger partial charge is 0.309 e. The van der Waals surface area contributed by atoms with Gasteiger partial charge in [-0.15, -0.1) is 20.0 Å². The van der Waals surface area contributed by atoms with Crippen molar-refractivity contribution in [1.82, 2.24) is 28.8 Å². The molecular weight excluding hydrogens is 456 g/mol. The highest BCUT2D eigenvalue weighted by Gasteiger charge is 2.28. The van der Waals surface area contributed by atoms with Crippen molar-refractivity contribution in [3.8, 4) is 22.8 Å². The molecule has 0 fully saturated rings. The van der Waals surface area contributed by atoms with E-state index in [2.05, 4.69) is 40.4 Å². The molecular formula is C23H21ClN8S. The Morgan fingerprint density at radius 1 is 0.939 bits per heavy atom. The summed E-state index contributed by atoms with van der Waals surface area (Å²) in [5.74, 6) is 1.33. The monoisotopic (exact) mass is 476 g/mol. The van der Waals surface area contributed by atoms with Gasteiger partial charge in [-0.2, -0.15) is 14.5 Å². The molecule has 33 heavy (non-hydrogen) atoms. The Morgan fingerprint density at radius 2 is 1.67 bits per heavy atom. The van der Waals surface area contributed by atoms with Crippen molar-refractivity contribution in [2.45, 2.75) is 26.2 Å². The molecule has 5 rings (SSSR count). The number of rotatable bonds is 4. The number of aryl methyl sites for hydroxylation is 1. The van der Waals surface area contributed by atoms with Gasteiger partial charge in [0.05, 0.1) is 10.7 Å². The van der Waals surface area contributed by atoms with Crippen LogP contribution >= 0.6 is 23.1 Å². The van der Waals surface area contributed by atoms with E-state index in [1.54, 1.807) is 4.63 Å². The first-order valence-corrected chi connectivity index (χ1v) is 11.5. The molecule has 0 saturated heterocycles. The fourth-order valence-corrected chi connectivity index (χ4v) is 4.28.